The van der Waals surface area contributed by atoms with Crippen molar-refractivity contribution in [3.05, 3.63) is 0 Å². The van der Waals surface area contributed by atoms with Crippen LogP contribution in [0.5, 0.6) is 0 Å². The number of methoxy groups -OCH3 is 1. The van der Waals surface area contributed by atoms with E-state index in [4.69, 9.17) is 4.74 Å². The van der Waals surface area contributed by atoms with E-state index in [2.05, 4.69) is 5.32 Å². The van der Waals surface area contributed by atoms with E-state index in [-0.39, 0.29) is 23.2 Å². The molecule has 0 radical (unpaired) electrons. The number of nitrogens with one attached hydrogen (secondary N) is 1. The van der Waals surface area contributed by atoms with Gasteiger partial charge >= 0.3 is 5.97 Å². The highest BCUT2D eigenvalue weighted by Gasteiger charge is 2.37. The number of ether oxygens (including phenoxy) is 1. The summed E-state index contributed by atoms with van der Waals surface area (Å²) >= 11 is 0. The Balaban J connectivity index is 2.78. The third kappa shape index (κ3) is 3.68. The van der Waals surface area contributed by atoms with Crippen LogP contribution >= 0.6 is 0 Å². The SMILES string of the molecule is COC(=O)[C@@H](NC1CCCC1S(C)(=O)=O)C(C)C. The highest BCUT2D eigenvalue weighted by Crippen LogP contribution is 2.26. The first-order chi connectivity index (χ1) is 8.27. The molecule has 18 heavy (non-hydrogen) atoms. The molecule has 3 atom stereocenters. The number of rotatable bonds is 5. The lowest BCUT2D eigenvalue weighted by molar-refractivity contribution is -0.144. The molecule has 1 fully saturated rings. The Morgan fingerprint density at radius 3 is 2.39 bits per heavy atom. The van der Waals surface area contributed by atoms with Gasteiger partial charge in [-0.05, 0) is 18.8 Å². The third-order valence-corrected chi connectivity index (χ3v) is 5.18. The lowest BCUT2D eigenvalue weighted by atomic mass is 10.0. The minimum atomic E-state index is -3.07. The molecule has 106 valence electrons. The zero-order valence-corrected chi connectivity index (χ0v) is 12.3. The van der Waals surface area contributed by atoms with Gasteiger partial charge in [-0.2, -0.15) is 0 Å². The second-order valence-corrected chi connectivity index (χ2v) is 7.58. The van der Waals surface area contributed by atoms with E-state index < -0.39 is 15.9 Å². The van der Waals surface area contributed by atoms with Crippen LogP contribution in [0.25, 0.3) is 0 Å². The predicted octanol–water partition coefficient (Wildman–Crippen LogP) is 0.739. The minimum absolute atomic E-state index is 0.0678. The van der Waals surface area contributed by atoms with Crippen LogP contribution in [0.3, 0.4) is 0 Å². The Bertz CT molecular complexity index is 391. The molecule has 0 bridgehead atoms. The average Bonchev–Trinajstić information content (AvgIpc) is 2.72. The van der Waals surface area contributed by atoms with Gasteiger partial charge < -0.3 is 10.1 Å². The van der Waals surface area contributed by atoms with Gasteiger partial charge in [0.15, 0.2) is 9.84 Å². The molecule has 1 N–H and O–H groups in total. The Labute approximate surface area is 109 Å². The molecule has 0 saturated heterocycles. The molecule has 1 rings (SSSR count). The largest absolute Gasteiger partial charge is 0.468 e. The van der Waals surface area contributed by atoms with E-state index in [1.54, 1.807) is 0 Å². The van der Waals surface area contributed by atoms with Gasteiger partial charge in [-0.15, -0.1) is 0 Å². The van der Waals surface area contributed by atoms with Crippen molar-refractivity contribution in [2.24, 2.45) is 5.92 Å². The zero-order chi connectivity index (χ0) is 13.9. The number of hydrogen-bond donors (Lipinski definition) is 1. The molecule has 6 heteroatoms. The number of esters is 1. The predicted molar refractivity (Wildman–Crippen MR) is 70.0 cm³/mol. The summed E-state index contributed by atoms with van der Waals surface area (Å²) in [5.41, 5.74) is 0. The van der Waals surface area contributed by atoms with Crippen LogP contribution < -0.4 is 5.32 Å². The number of carbonyl (C=O) groups is 1. The van der Waals surface area contributed by atoms with E-state index in [1.165, 1.54) is 13.4 Å². The Morgan fingerprint density at radius 1 is 1.33 bits per heavy atom. The topological polar surface area (TPSA) is 72.5 Å². The fourth-order valence-electron chi connectivity index (χ4n) is 2.52. The van der Waals surface area contributed by atoms with Gasteiger partial charge in [-0.1, -0.05) is 20.3 Å². The van der Waals surface area contributed by atoms with Crippen molar-refractivity contribution in [2.75, 3.05) is 13.4 Å². The van der Waals surface area contributed by atoms with Crippen LogP contribution in [0, 0.1) is 5.92 Å². The normalized spacial score (nSPS) is 26.3. The van der Waals surface area contributed by atoms with E-state index in [0.29, 0.717) is 6.42 Å². The maximum atomic E-state index is 11.7. The third-order valence-electron chi connectivity index (χ3n) is 3.52. The van der Waals surface area contributed by atoms with Crippen molar-refractivity contribution < 1.29 is 17.9 Å². The van der Waals surface area contributed by atoms with Crippen molar-refractivity contribution in [2.45, 2.75) is 50.4 Å². The lowest BCUT2D eigenvalue weighted by Gasteiger charge is -2.27. The van der Waals surface area contributed by atoms with Gasteiger partial charge in [-0.3, -0.25) is 4.79 Å². The molecule has 2 unspecified atom stereocenters. The molecule has 1 aliphatic rings. The van der Waals surface area contributed by atoms with Gasteiger partial charge in [0.2, 0.25) is 0 Å². The number of hydrogen-bond acceptors (Lipinski definition) is 5. The van der Waals surface area contributed by atoms with E-state index >= 15 is 0 Å². The molecule has 5 nitrogen and oxygen atoms in total. The van der Waals surface area contributed by atoms with Crippen LogP contribution in [0.1, 0.15) is 33.1 Å². The maximum Gasteiger partial charge on any atom is 0.323 e. The highest BCUT2D eigenvalue weighted by molar-refractivity contribution is 7.91. The van der Waals surface area contributed by atoms with Crippen molar-refractivity contribution in [1.82, 2.24) is 5.32 Å². The molecule has 0 aromatic rings. The van der Waals surface area contributed by atoms with E-state index in [9.17, 15) is 13.2 Å². The molecule has 0 heterocycles. The van der Waals surface area contributed by atoms with Crippen molar-refractivity contribution in [1.29, 1.82) is 0 Å². The fraction of sp³-hybridized carbons (Fsp3) is 0.917. The van der Waals surface area contributed by atoms with Crippen LogP contribution in [-0.2, 0) is 19.4 Å². The van der Waals surface area contributed by atoms with Gasteiger partial charge in [0.1, 0.15) is 6.04 Å². The monoisotopic (exact) mass is 277 g/mol. The summed E-state index contributed by atoms with van der Waals surface area (Å²) in [6, 6.07) is -0.589. The van der Waals surface area contributed by atoms with Crippen LogP contribution in [0.4, 0.5) is 0 Å². The summed E-state index contributed by atoms with van der Waals surface area (Å²) in [5, 5.41) is 2.78. The molecule has 0 amide bonds. The van der Waals surface area contributed by atoms with Crippen molar-refractivity contribution in [3.63, 3.8) is 0 Å². The highest BCUT2D eigenvalue weighted by atomic mass is 32.2. The van der Waals surface area contributed by atoms with Crippen molar-refractivity contribution >= 4 is 15.8 Å². The summed E-state index contributed by atoms with van der Waals surface area (Å²) < 4.78 is 28.1. The summed E-state index contributed by atoms with van der Waals surface area (Å²) in [5.74, 6) is -0.262. The number of sulfone groups is 1. The molecule has 0 aromatic heterocycles. The summed E-state index contributed by atoms with van der Waals surface area (Å²) in [6.45, 7) is 3.83. The van der Waals surface area contributed by atoms with Gasteiger partial charge in [0.25, 0.3) is 0 Å². The molecular formula is C12H23NO4S. The standard InChI is InChI=1S/C12H23NO4S/c1-8(2)11(12(14)17-3)13-9-6-5-7-10(9)18(4,15)16/h8-11,13H,5-7H2,1-4H3/t9?,10?,11-/m0/s1. The summed E-state index contributed by atoms with van der Waals surface area (Å²) in [4.78, 5) is 11.7. The average molecular weight is 277 g/mol. The molecule has 1 saturated carbocycles. The van der Waals surface area contributed by atoms with E-state index in [1.807, 2.05) is 13.8 Å². The first-order valence-corrected chi connectivity index (χ1v) is 8.25. The second kappa shape index (κ2) is 6.02. The molecule has 1 aliphatic carbocycles. The molecule has 0 spiro atoms. The fourth-order valence-corrected chi connectivity index (χ4v) is 3.93. The molecular weight excluding hydrogens is 254 g/mol. The van der Waals surface area contributed by atoms with Crippen LogP contribution in [0.15, 0.2) is 0 Å². The summed E-state index contributed by atoms with van der Waals surface area (Å²) in [6.07, 6.45) is 3.60. The van der Waals surface area contributed by atoms with E-state index in [0.717, 1.165) is 12.8 Å². The first kappa shape index (κ1) is 15.4. The van der Waals surface area contributed by atoms with Crippen molar-refractivity contribution in [3.8, 4) is 0 Å². The number of carbonyl (C=O) groups excluding carboxylic acids is 1. The molecule has 0 aliphatic heterocycles. The Kier molecular flexibility index (Phi) is 5.16. The van der Waals surface area contributed by atoms with Gasteiger partial charge in [0, 0.05) is 12.3 Å². The lowest BCUT2D eigenvalue weighted by Crippen LogP contribution is -2.51. The first-order valence-electron chi connectivity index (χ1n) is 6.30. The van der Waals surface area contributed by atoms with Gasteiger partial charge in [0.05, 0.1) is 12.4 Å². The second-order valence-electron chi connectivity index (χ2n) is 5.32. The Hall–Kier alpha value is -0.620. The van der Waals surface area contributed by atoms with Crippen LogP contribution in [0.2, 0.25) is 0 Å². The smallest absolute Gasteiger partial charge is 0.323 e. The molecule has 0 aromatic carbocycles. The zero-order valence-electron chi connectivity index (χ0n) is 11.5. The quantitative estimate of drug-likeness (QED) is 0.750. The minimum Gasteiger partial charge on any atom is -0.468 e. The maximum absolute atomic E-state index is 11.7. The Morgan fingerprint density at radius 2 is 1.94 bits per heavy atom. The summed E-state index contributed by atoms with van der Waals surface area (Å²) in [7, 11) is -1.72. The van der Waals surface area contributed by atoms with Gasteiger partial charge in [-0.25, -0.2) is 8.42 Å². The van der Waals surface area contributed by atoms with Crippen LogP contribution in [-0.4, -0.2) is 45.1 Å².